The number of methoxy groups -OCH3 is 2. The summed E-state index contributed by atoms with van der Waals surface area (Å²) in [6, 6.07) is 12.7. The highest BCUT2D eigenvalue weighted by Crippen LogP contribution is 2.45. The van der Waals surface area contributed by atoms with Crippen molar-refractivity contribution in [3.63, 3.8) is 0 Å². The summed E-state index contributed by atoms with van der Waals surface area (Å²) in [5.41, 5.74) is 1.25. The van der Waals surface area contributed by atoms with Gasteiger partial charge in [-0.25, -0.2) is 0 Å². The molecule has 2 saturated heterocycles. The Balaban J connectivity index is 1.49. The van der Waals surface area contributed by atoms with E-state index >= 15 is 0 Å². The number of hydrogen-bond acceptors (Lipinski definition) is 5. The number of nitrogens with zero attached hydrogens (tertiary/aromatic N) is 2. The molecule has 31 heavy (non-hydrogen) atoms. The Morgan fingerprint density at radius 2 is 1.52 bits per heavy atom. The quantitative estimate of drug-likeness (QED) is 0.621. The molecule has 2 aromatic carbocycles. The molecule has 0 atom stereocenters. The number of hydrogen-bond donors (Lipinski definition) is 0. The van der Waals surface area contributed by atoms with Crippen LogP contribution in [0.4, 0.5) is 0 Å². The van der Waals surface area contributed by atoms with Gasteiger partial charge in [0.05, 0.1) is 19.1 Å². The summed E-state index contributed by atoms with van der Waals surface area (Å²) in [5, 5.41) is 0. The highest BCUT2D eigenvalue weighted by Gasteiger charge is 2.47. The normalized spacial score (nSPS) is 17.6. The van der Waals surface area contributed by atoms with Gasteiger partial charge in [-0.05, 0) is 49.2 Å². The molecular weight excluding hydrogens is 480 g/mol. The standard InChI is InChI=1S/C23H25BrN2O4S/c1-29-19-13-17(14-20(15-19)30-2)22(28)26-11-12-31-23(26)7-9-25(10-8-23)21(27)16-3-5-18(24)6-4-16/h3-6,13-15H,7-12H2,1-2H3. The largest absolute Gasteiger partial charge is 0.497 e. The monoisotopic (exact) mass is 504 g/mol. The minimum atomic E-state index is -0.274. The van der Waals surface area contributed by atoms with E-state index in [1.807, 2.05) is 45.8 Å². The summed E-state index contributed by atoms with van der Waals surface area (Å²) in [4.78, 5) is 29.9. The molecule has 0 saturated carbocycles. The third-order valence-electron chi connectivity index (χ3n) is 5.94. The van der Waals surface area contributed by atoms with E-state index in [9.17, 15) is 9.59 Å². The summed E-state index contributed by atoms with van der Waals surface area (Å²) in [7, 11) is 3.16. The van der Waals surface area contributed by atoms with E-state index in [0.29, 0.717) is 42.3 Å². The molecular formula is C23H25BrN2O4S. The van der Waals surface area contributed by atoms with Gasteiger partial charge in [0.2, 0.25) is 0 Å². The van der Waals surface area contributed by atoms with Crippen molar-refractivity contribution < 1.29 is 19.1 Å². The highest BCUT2D eigenvalue weighted by molar-refractivity contribution is 9.10. The molecule has 0 aromatic heterocycles. The van der Waals surface area contributed by atoms with Crippen molar-refractivity contribution in [3.05, 3.63) is 58.1 Å². The van der Waals surface area contributed by atoms with Crippen LogP contribution in [0, 0.1) is 0 Å². The molecule has 2 aromatic rings. The van der Waals surface area contributed by atoms with Gasteiger partial charge >= 0.3 is 0 Å². The fourth-order valence-corrected chi connectivity index (χ4v) is 5.95. The van der Waals surface area contributed by atoms with Gasteiger partial charge in [-0.3, -0.25) is 9.59 Å². The maximum Gasteiger partial charge on any atom is 0.255 e. The lowest BCUT2D eigenvalue weighted by atomic mass is 10.00. The van der Waals surface area contributed by atoms with Crippen molar-refractivity contribution in [2.75, 3.05) is 39.6 Å². The number of carbonyl (C=O) groups is 2. The molecule has 0 bridgehead atoms. The van der Waals surface area contributed by atoms with Crippen LogP contribution < -0.4 is 9.47 Å². The molecule has 8 heteroatoms. The maximum absolute atomic E-state index is 13.4. The van der Waals surface area contributed by atoms with Crippen LogP contribution in [0.15, 0.2) is 46.9 Å². The molecule has 0 N–H and O–H groups in total. The summed E-state index contributed by atoms with van der Waals surface area (Å²) in [6.07, 6.45) is 1.51. The zero-order chi connectivity index (χ0) is 22.0. The Kier molecular flexibility index (Phi) is 6.48. The van der Waals surface area contributed by atoms with Crippen molar-refractivity contribution in [1.29, 1.82) is 0 Å². The molecule has 1 spiro atoms. The second-order valence-electron chi connectivity index (χ2n) is 7.65. The topological polar surface area (TPSA) is 59.1 Å². The molecule has 0 unspecified atom stereocenters. The third kappa shape index (κ3) is 4.41. The van der Waals surface area contributed by atoms with Gasteiger partial charge in [0, 0.05) is 47.1 Å². The van der Waals surface area contributed by atoms with Crippen LogP contribution in [-0.4, -0.2) is 66.1 Å². The second-order valence-corrected chi connectivity index (χ2v) is 10.0. The first-order chi connectivity index (χ1) is 15.0. The van der Waals surface area contributed by atoms with E-state index in [2.05, 4.69) is 15.9 Å². The van der Waals surface area contributed by atoms with Crippen molar-refractivity contribution in [3.8, 4) is 11.5 Å². The van der Waals surface area contributed by atoms with E-state index in [0.717, 1.165) is 23.1 Å². The Morgan fingerprint density at radius 3 is 2.10 bits per heavy atom. The number of amides is 2. The van der Waals surface area contributed by atoms with Crippen LogP contribution in [0.5, 0.6) is 11.5 Å². The van der Waals surface area contributed by atoms with Gasteiger partial charge in [-0.1, -0.05) is 15.9 Å². The maximum atomic E-state index is 13.4. The summed E-state index contributed by atoms with van der Waals surface area (Å²) >= 11 is 5.23. The molecule has 0 aliphatic carbocycles. The van der Waals surface area contributed by atoms with E-state index in [-0.39, 0.29) is 16.7 Å². The van der Waals surface area contributed by atoms with Crippen LogP contribution in [0.25, 0.3) is 0 Å². The van der Waals surface area contributed by atoms with E-state index in [4.69, 9.17) is 9.47 Å². The van der Waals surface area contributed by atoms with Gasteiger partial charge < -0.3 is 19.3 Å². The van der Waals surface area contributed by atoms with Gasteiger partial charge in [-0.15, -0.1) is 11.8 Å². The number of carbonyl (C=O) groups excluding carboxylic acids is 2. The molecule has 2 amide bonds. The zero-order valence-electron chi connectivity index (χ0n) is 17.6. The van der Waals surface area contributed by atoms with Crippen molar-refractivity contribution >= 4 is 39.5 Å². The van der Waals surface area contributed by atoms with E-state index in [1.165, 1.54) is 0 Å². The SMILES string of the molecule is COc1cc(OC)cc(C(=O)N2CCSC23CCN(C(=O)c2ccc(Br)cc2)CC3)c1. The fourth-order valence-electron chi connectivity index (χ4n) is 4.23. The van der Waals surface area contributed by atoms with Gasteiger partial charge in [-0.2, -0.15) is 0 Å². The van der Waals surface area contributed by atoms with Gasteiger partial charge in [0.25, 0.3) is 11.8 Å². The number of likely N-dealkylation sites (tertiary alicyclic amines) is 1. The Bertz CT molecular complexity index is 952. The number of piperidine rings is 1. The number of halogens is 1. The first kappa shape index (κ1) is 22.0. The first-order valence-electron chi connectivity index (χ1n) is 10.2. The molecule has 2 aliphatic heterocycles. The predicted octanol–water partition coefficient (Wildman–Crippen LogP) is 4.29. The molecule has 4 rings (SSSR count). The predicted molar refractivity (Wildman–Crippen MR) is 125 cm³/mol. The summed E-state index contributed by atoms with van der Waals surface area (Å²) in [5.74, 6) is 2.11. The number of ether oxygens (including phenoxy) is 2. The van der Waals surface area contributed by atoms with E-state index in [1.54, 1.807) is 32.4 Å². The summed E-state index contributed by atoms with van der Waals surface area (Å²) < 4.78 is 11.6. The smallest absolute Gasteiger partial charge is 0.255 e. The molecule has 0 radical (unpaired) electrons. The highest BCUT2D eigenvalue weighted by atomic mass is 79.9. The van der Waals surface area contributed by atoms with E-state index < -0.39 is 0 Å². The average molecular weight is 505 g/mol. The Morgan fingerprint density at radius 1 is 0.903 bits per heavy atom. The average Bonchev–Trinajstić information content (AvgIpc) is 3.21. The minimum Gasteiger partial charge on any atom is -0.497 e. The molecule has 164 valence electrons. The third-order valence-corrected chi connectivity index (χ3v) is 8.03. The van der Waals surface area contributed by atoms with Gasteiger partial charge in [0.15, 0.2) is 0 Å². The Labute approximate surface area is 195 Å². The number of benzene rings is 2. The minimum absolute atomic E-state index is 0.0186. The van der Waals surface area contributed by atoms with Crippen LogP contribution >= 0.6 is 27.7 Å². The second kappa shape index (κ2) is 9.12. The fraction of sp³-hybridized carbons (Fsp3) is 0.391. The number of thioether (sulfide) groups is 1. The lowest BCUT2D eigenvalue weighted by Gasteiger charge is -2.44. The Hall–Kier alpha value is -2.19. The van der Waals surface area contributed by atoms with Crippen molar-refractivity contribution in [2.24, 2.45) is 0 Å². The lowest BCUT2D eigenvalue weighted by molar-refractivity contribution is 0.0497. The molecule has 6 nitrogen and oxygen atoms in total. The molecule has 2 heterocycles. The van der Waals surface area contributed by atoms with Gasteiger partial charge in [0.1, 0.15) is 11.5 Å². The first-order valence-corrected chi connectivity index (χ1v) is 12.0. The summed E-state index contributed by atoms with van der Waals surface area (Å²) in [6.45, 7) is 1.96. The molecule has 2 aliphatic rings. The number of rotatable bonds is 4. The van der Waals surface area contributed by atoms with Crippen LogP contribution in [-0.2, 0) is 0 Å². The van der Waals surface area contributed by atoms with Crippen LogP contribution in [0.2, 0.25) is 0 Å². The van der Waals surface area contributed by atoms with Crippen molar-refractivity contribution in [1.82, 2.24) is 9.80 Å². The van der Waals surface area contributed by atoms with Crippen LogP contribution in [0.3, 0.4) is 0 Å². The zero-order valence-corrected chi connectivity index (χ0v) is 20.0. The van der Waals surface area contributed by atoms with Crippen molar-refractivity contribution in [2.45, 2.75) is 17.7 Å². The van der Waals surface area contributed by atoms with Crippen LogP contribution in [0.1, 0.15) is 33.6 Å². The lowest BCUT2D eigenvalue weighted by Crippen LogP contribution is -2.53. The molecule has 2 fully saturated rings.